The van der Waals surface area contributed by atoms with Gasteiger partial charge in [0, 0.05) is 12.6 Å². The molecule has 0 saturated carbocycles. The number of rotatable bonds is 7. The predicted octanol–water partition coefficient (Wildman–Crippen LogP) is 5.79. The summed E-state index contributed by atoms with van der Waals surface area (Å²) in [7, 11) is 0.00458. The molecule has 2 aliphatic rings. The Hall–Kier alpha value is -1.85. The van der Waals surface area contributed by atoms with Crippen molar-refractivity contribution in [1.82, 2.24) is 16.0 Å². The second-order valence-electron chi connectivity index (χ2n) is 10.9. The maximum absolute atomic E-state index is 11.9. The second kappa shape index (κ2) is 20.9. The number of carboxylic acids is 1. The molecule has 10 nitrogen and oxygen atoms in total. The van der Waals surface area contributed by atoms with Crippen LogP contribution in [0, 0.1) is 0 Å². The third-order valence-corrected chi connectivity index (χ3v) is 6.00. The molecular formula is C29H62BN3O7. The van der Waals surface area contributed by atoms with Crippen molar-refractivity contribution < 1.29 is 33.5 Å². The van der Waals surface area contributed by atoms with E-state index in [1.54, 1.807) is 20.8 Å². The van der Waals surface area contributed by atoms with Gasteiger partial charge in [0.25, 0.3) is 0 Å². The van der Waals surface area contributed by atoms with Crippen LogP contribution in [-0.4, -0.2) is 71.7 Å². The summed E-state index contributed by atoms with van der Waals surface area (Å²) in [4.78, 5) is 34.3. The molecular weight excluding hydrogens is 513 g/mol. The van der Waals surface area contributed by atoms with E-state index in [1.807, 2.05) is 41.5 Å². The van der Waals surface area contributed by atoms with Crippen LogP contribution < -0.4 is 16.0 Å². The number of ether oxygens (including phenoxy) is 1. The zero-order chi connectivity index (χ0) is 32.3. The van der Waals surface area contributed by atoms with Crippen molar-refractivity contribution >= 4 is 25.1 Å². The van der Waals surface area contributed by atoms with E-state index in [1.165, 1.54) is 19.8 Å². The average Bonchev–Trinajstić information content (AvgIpc) is 3.41. The molecule has 2 saturated heterocycles. The minimum atomic E-state index is -0.938. The first-order valence-corrected chi connectivity index (χ1v) is 15.1. The Kier molecular flexibility index (Phi) is 22.3. The lowest BCUT2D eigenvalue weighted by atomic mass is 9.82. The third kappa shape index (κ3) is 17.1. The van der Waals surface area contributed by atoms with Crippen LogP contribution in [0.4, 0.5) is 4.79 Å². The highest BCUT2D eigenvalue weighted by Gasteiger charge is 2.50. The van der Waals surface area contributed by atoms with Gasteiger partial charge < -0.3 is 35.1 Å². The fraction of sp³-hybridized carbons (Fsp3) is 0.897. The van der Waals surface area contributed by atoms with Gasteiger partial charge in [-0.15, -0.1) is 0 Å². The highest BCUT2D eigenvalue weighted by atomic mass is 16.7. The molecule has 0 aliphatic carbocycles. The first-order chi connectivity index (χ1) is 18.5. The maximum atomic E-state index is 11.9. The molecule has 0 aromatic heterocycles. The van der Waals surface area contributed by atoms with Crippen LogP contribution >= 0.6 is 0 Å². The van der Waals surface area contributed by atoms with E-state index in [-0.39, 0.29) is 30.3 Å². The molecule has 0 bridgehead atoms. The quantitative estimate of drug-likeness (QED) is 0.280. The largest absolute Gasteiger partial charge is 0.480 e. The van der Waals surface area contributed by atoms with Crippen LogP contribution in [0.5, 0.6) is 0 Å². The number of hydrogen-bond acceptors (Lipinski definition) is 7. The third-order valence-electron chi connectivity index (χ3n) is 6.00. The lowest BCUT2D eigenvalue weighted by molar-refractivity contribution is -0.139. The first kappa shape index (κ1) is 42.6. The number of nitrogens with one attached hydrogen (secondary N) is 3. The number of hydrogen-bond donors (Lipinski definition) is 4. The molecule has 4 N–H and O–H groups in total. The van der Waals surface area contributed by atoms with Gasteiger partial charge in [-0.3, -0.25) is 9.59 Å². The highest BCUT2D eigenvalue weighted by Crippen LogP contribution is 2.37. The molecule has 3 atom stereocenters. The zero-order valence-corrected chi connectivity index (χ0v) is 28.2. The van der Waals surface area contributed by atoms with Crippen molar-refractivity contribution in [3.8, 4) is 0 Å². The number of alkyl carbamates (subject to hydrolysis) is 1. The molecule has 0 radical (unpaired) electrons. The summed E-state index contributed by atoms with van der Waals surface area (Å²) in [5, 5.41) is 16.8. The van der Waals surface area contributed by atoms with Crippen LogP contribution in [0.15, 0.2) is 0 Å². The van der Waals surface area contributed by atoms with Gasteiger partial charge in [-0.1, -0.05) is 61.3 Å². The second-order valence-corrected chi connectivity index (χ2v) is 10.9. The van der Waals surface area contributed by atoms with E-state index in [2.05, 4.69) is 50.6 Å². The smallest absolute Gasteiger partial charge is 0.457 e. The summed E-state index contributed by atoms with van der Waals surface area (Å²) < 4.78 is 16.7. The molecule has 40 heavy (non-hydrogen) atoms. The average molecular weight is 576 g/mol. The number of carbonyl (C=O) groups excluding carboxylic acids is 2. The summed E-state index contributed by atoms with van der Waals surface area (Å²) >= 11 is 0. The van der Waals surface area contributed by atoms with Crippen molar-refractivity contribution in [1.29, 1.82) is 0 Å². The van der Waals surface area contributed by atoms with Crippen molar-refractivity contribution in [3.05, 3.63) is 0 Å². The van der Waals surface area contributed by atoms with Gasteiger partial charge in [0.2, 0.25) is 5.91 Å². The molecule has 0 spiro atoms. The summed E-state index contributed by atoms with van der Waals surface area (Å²) in [6.07, 6.45) is 3.04. The van der Waals surface area contributed by atoms with Crippen molar-refractivity contribution in [2.45, 2.75) is 164 Å². The van der Waals surface area contributed by atoms with Gasteiger partial charge in [0.1, 0.15) is 17.7 Å². The highest BCUT2D eigenvalue weighted by molar-refractivity contribution is 6.45. The SMILES string of the molecule is CC.CC.CC.CC(NC(=O)OC(C)(C)C)C(=O)NC1CNC(C(=O)O)C1.CCCCB1OC(C)(C)C(C)(C)O1. The van der Waals surface area contributed by atoms with Crippen LogP contribution in [0.3, 0.4) is 0 Å². The van der Waals surface area contributed by atoms with Crippen LogP contribution in [0.1, 0.15) is 123 Å². The Morgan fingerprint density at radius 2 is 1.50 bits per heavy atom. The summed E-state index contributed by atoms with van der Waals surface area (Å²) in [5.41, 5.74) is -0.957. The van der Waals surface area contributed by atoms with Gasteiger partial charge in [-0.05, 0) is 68.1 Å². The van der Waals surface area contributed by atoms with E-state index in [0.29, 0.717) is 13.0 Å². The van der Waals surface area contributed by atoms with Gasteiger partial charge in [0.05, 0.1) is 11.2 Å². The number of carboxylic acid groups (broad SMARTS) is 1. The molecule has 2 rings (SSSR count). The molecule has 2 amide bonds. The van der Waals surface area contributed by atoms with E-state index >= 15 is 0 Å². The van der Waals surface area contributed by atoms with Gasteiger partial charge in [-0.25, -0.2) is 4.79 Å². The molecule has 0 aromatic carbocycles. The van der Waals surface area contributed by atoms with E-state index < -0.39 is 29.7 Å². The molecule has 2 aliphatic heterocycles. The Balaban J connectivity index is -0.000000616. The lowest BCUT2D eigenvalue weighted by Gasteiger charge is -2.32. The van der Waals surface area contributed by atoms with E-state index in [9.17, 15) is 14.4 Å². The normalized spacial score (nSPS) is 20.8. The van der Waals surface area contributed by atoms with Crippen molar-refractivity contribution in [2.24, 2.45) is 0 Å². The molecule has 3 unspecified atom stereocenters. The minimum Gasteiger partial charge on any atom is -0.480 e. The molecule has 2 heterocycles. The fourth-order valence-electron chi connectivity index (χ4n) is 3.36. The van der Waals surface area contributed by atoms with E-state index in [0.717, 1.165) is 6.32 Å². The maximum Gasteiger partial charge on any atom is 0.457 e. The standard InChI is InChI=1S/C13H23N3O5.C10H21BO2.3C2H6/c1-7(15-12(20)21-13(2,3)4)10(17)16-8-5-9(11(18)19)14-6-8;1-6-7-8-11-12-9(2,3)10(4,5)13-11;3*1-2/h7-9,14H,5-6H2,1-4H3,(H,15,20)(H,16,17)(H,18,19);6-8H2,1-5H3;3*1-2H3. The van der Waals surface area contributed by atoms with Gasteiger partial charge >= 0.3 is 19.2 Å². The Morgan fingerprint density at radius 3 is 1.88 bits per heavy atom. The minimum absolute atomic E-state index is 0.00458. The zero-order valence-electron chi connectivity index (χ0n) is 28.2. The Morgan fingerprint density at radius 1 is 1.02 bits per heavy atom. The number of carbonyl (C=O) groups is 3. The molecule has 11 heteroatoms. The van der Waals surface area contributed by atoms with Crippen molar-refractivity contribution in [2.75, 3.05) is 6.54 Å². The van der Waals surface area contributed by atoms with Crippen LogP contribution in [-0.2, 0) is 23.6 Å². The molecule has 0 aromatic rings. The Labute approximate surface area is 245 Å². The van der Waals surface area contributed by atoms with Crippen LogP contribution in [0.25, 0.3) is 0 Å². The Bertz CT molecular complexity index is 696. The molecule has 238 valence electrons. The summed E-state index contributed by atoms with van der Waals surface area (Å²) in [6, 6.07) is -1.67. The van der Waals surface area contributed by atoms with Crippen LogP contribution in [0.2, 0.25) is 6.32 Å². The van der Waals surface area contributed by atoms with Gasteiger partial charge in [-0.2, -0.15) is 0 Å². The van der Waals surface area contributed by atoms with Gasteiger partial charge in [0.15, 0.2) is 0 Å². The predicted molar refractivity (Wildman–Crippen MR) is 165 cm³/mol. The topological polar surface area (TPSA) is 135 Å². The number of amides is 2. The lowest BCUT2D eigenvalue weighted by Crippen LogP contribution is -2.49. The first-order valence-electron chi connectivity index (χ1n) is 15.1. The summed E-state index contributed by atoms with van der Waals surface area (Å²) in [5.74, 6) is -1.31. The van der Waals surface area contributed by atoms with Crippen molar-refractivity contribution in [3.63, 3.8) is 0 Å². The van der Waals surface area contributed by atoms with E-state index in [4.69, 9.17) is 19.2 Å². The molecule has 2 fully saturated rings. The summed E-state index contributed by atoms with van der Waals surface area (Å²) in [6.45, 7) is 29.7. The fourth-order valence-corrected chi connectivity index (χ4v) is 3.36. The number of unbranched alkanes of at least 4 members (excludes halogenated alkanes) is 1. The number of aliphatic carboxylic acids is 1. The monoisotopic (exact) mass is 575 g/mol.